The molecule has 2 aliphatic heterocycles. The van der Waals surface area contributed by atoms with Gasteiger partial charge in [0.2, 0.25) is 11.9 Å². The molecule has 0 aliphatic carbocycles. The van der Waals surface area contributed by atoms with Crippen molar-refractivity contribution in [2.24, 2.45) is 5.41 Å². The molecule has 0 bridgehead atoms. The minimum atomic E-state index is -0.473. The molecule has 2 aliphatic rings. The summed E-state index contributed by atoms with van der Waals surface area (Å²) in [6, 6.07) is 7.69. The van der Waals surface area contributed by atoms with Gasteiger partial charge in [0.05, 0.1) is 31.0 Å². The van der Waals surface area contributed by atoms with Crippen LogP contribution in [-0.4, -0.2) is 53.4 Å². The summed E-state index contributed by atoms with van der Waals surface area (Å²) in [7, 11) is 0. The zero-order valence-corrected chi connectivity index (χ0v) is 16.7. The predicted octanol–water partition coefficient (Wildman–Crippen LogP) is 2.39. The molecule has 4 rings (SSSR count). The lowest BCUT2D eigenvalue weighted by molar-refractivity contribution is -0.129. The Balaban J connectivity index is 1.43. The highest BCUT2D eigenvalue weighted by molar-refractivity contribution is 5.81. The average molecular weight is 400 g/mol. The molecule has 154 valence electrons. The number of anilines is 1. The van der Waals surface area contributed by atoms with Gasteiger partial charge >= 0.3 is 0 Å². The number of carbonyl (C=O) groups is 1. The maximum absolute atomic E-state index is 13.5. The molecule has 2 N–H and O–H groups in total. The van der Waals surface area contributed by atoms with E-state index in [1.165, 1.54) is 12.1 Å². The van der Waals surface area contributed by atoms with Gasteiger partial charge in [-0.1, -0.05) is 32.9 Å². The van der Waals surface area contributed by atoms with Crippen LogP contribution < -0.4 is 10.6 Å². The second kappa shape index (κ2) is 7.68. The predicted molar refractivity (Wildman–Crippen MR) is 106 cm³/mol. The Morgan fingerprint density at radius 1 is 1.14 bits per heavy atom. The molecule has 1 amide bonds. The van der Waals surface area contributed by atoms with E-state index in [-0.39, 0.29) is 36.0 Å². The number of halogens is 1. The lowest BCUT2D eigenvalue weighted by Gasteiger charge is -2.23. The molecular formula is C21H25FN4O3. The van der Waals surface area contributed by atoms with Crippen LogP contribution in [0.25, 0.3) is 11.3 Å². The monoisotopic (exact) mass is 400 g/mol. The molecule has 2 fully saturated rings. The summed E-state index contributed by atoms with van der Waals surface area (Å²) in [5, 5.41) is 6.29. The minimum absolute atomic E-state index is 0.0297. The van der Waals surface area contributed by atoms with Gasteiger partial charge in [0.1, 0.15) is 18.0 Å². The van der Waals surface area contributed by atoms with E-state index in [1.54, 1.807) is 24.4 Å². The maximum atomic E-state index is 13.5. The van der Waals surface area contributed by atoms with E-state index >= 15 is 0 Å². The van der Waals surface area contributed by atoms with Crippen LogP contribution in [0.15, 0.2) is 36.5 Å². The van der Waals surface area contributed by atoms with Gasteiger partial charge in [-0.2, -0.15) is 0 Å². The van der Waals surface area contributed by atoms with E-state index in [0.29, 0.717) is 30.4 Å². The summed E-state index contributed by atoms with van der Waals surface area (Å²) >= 11 is 0. The van der Waals surface area contributed by atoms with Crippen LogP contribution in [0, 0.1) is 11.2 Å². The van der Waals surface area contributed by atoms with Crippen LogP contribution in [0.4, 0.5) is 10.3 Å². The van der Waals surface area contributed by atoms with Crippen LogP contribution in [0.3, 0.4) is 0 Å². The largest absolute Gasteiger partial charge is 0.371 e. The first-order valence-corrected chi connectivity index (χ1v) is 9.71. The average Bonchev–Trinajstić information content (AvgIpc) is 3.25. The van der Waals surface area contributed by atoms with Crippen molar-refractivity contribution in [1.82, 2.24) is 15.3 Å². The van der Waals surface area contributed by atoms with Gasteiger partial charge in [-0.15, -0.1) is 0 Å². The van der Waals surface area contributed by atoms with E-state index in [2.05, 4.69) is 20.6 Å². The molecule has 8 heteroatoms. The molecule has 2 aromatic rings. The molecule has 7 nitrogen and oxygen atoms in total. The highest BCUT2D eigenvalue weighted by Crippen LogP contribution is 2.29. The summed E-state index contributed by atoms with van der Waals surface area (Å²) in [5.74, 6) is 0.0787. The Labute approximate surface area is 169 Å². The Morgan fingerprint density at radius 3 is 2.59 bits per heavy atom. The Bertz CT molecular complexity index is 901. The summed E-state index contributed by atoms with van der Waals surface area (Å²) < 4.78 is 25.3. The van der Waals surface area contributed by atoms with Gasteiger partial charge in [-0.3, -0.25) is 4.79 Å². The number of hydrogen-bond donors (Lipinski definition) is 2. The number of fused-ring (bicyclic) bond motifs is 1. The second-order valence-corrected chi connectivity index (χ2v) is 8.45. The normalized spacial score (nSPS) is 26.2. The third-order valence-electron chi connectivity index (χ3n) is 5.14. The molecule has 0 spiro atoms. The van der Waals surface area contributed by atoms with Crippen LogP contribution in [0.1, 0.15) is 20.8 Å². The summed E-state index contributed by atoms with van der Waals surface area (Å²) in [6.45, 7) is 6.44. The number of aromatic nitrogens is 2. The van der Waals surface area contributed by atoms with Gasteiger partial charge in [0, 0.05) is 17.2 Å². The number of amides is 1. The van der Waals surface area contributed by atoms with Crippen molar-refractivity contribution in [3.63, 3.8) is 0 Å². The number of carbonyl (C=O) groups excluding carboxylic acids is 1. The maximum Gasteiger partial charge on any atom is 0.225 e. The van der Waals surface area contributed by atoms with Crippen molar-refractivity contribution in [2.45, 2.75) is 45.1 Å². The molecule has 4 atom stereocenters. The zero-order valence-electron chi connectivity index (χ0n) is 16.7. The van der Waals surface area contributed by atoms with Gasteiger partial charge in [-0.25, -0.2) is 14.4 Å². The lowest BCUT2D eigenvalue weighted by atomic mass is 9.94. The number of ether oxygens (including phenoxy) is 2. The van der Waals surface area contributed by atoms with E-state index in [9.17, 15) is 9.18 Å². The number of benzene rings is 1. The Hall–Kier alpha value is -2.58. The molecule has 29 heavy (non-hydrogen) atoms. The second-order valence-electron chi connectivity index (χ2n) is 8.45. The van der Waals surface area contributed by atoms with Gasteiger partial charge in [-0.05, 0) is 18.2 Å². The molecule has 2 saturated heterocycles. The van der Waals surface area contributed by atoms with Crippen molar-refractivity contribution < 1.29 is 18.7 Å². The van der Waals surface area contributed by atoms with Gasteiger partial charge in [0.25, 0.3) is 0 Å². The first-order chi connectivity index (χ1) is 13.8. The molecule has 1 aromatic carbocycles. The highest BCUT2D eigenvalue weighted by Gasteiger charge is 2.48. The minimum Gasteiger partial charge on any atom is -0.371 e. The molecule has 0 saturated carbocycles. The highest BCUT2D eigenvalue weighted by atomic mass is 19.1. The molecule has 3 heterocycles. The van der Waals surface area contributed by atoms with Crippen LogP contribution in [-0.2, 0) is 14.3 Å². The van der Waals surface area contributed by atoms with Gasteiger partial charge in [0.15, 0.2) is 0 Å². The molecule has 0 radical (unpaired) electrons. The van der Waals surface area contributed by atoms with Crippen LogP contribution in [0.5, 0.6) is 0 Å². The van der Waals surface area contributed by atoms with Crippen molar-refractivity contribution in [2.75, 3.05) is 18.5 Å². The third-order valence-corrected chi connectivity index (χ3v) is 5.14. The third kappa shape index (κ3) is 4.23. The van der Waals surface area contributed by atoms with E-state index < -0.39 is 5.41 Å². The first-order valence-electron chi connectivity index (χ1n) is 9.71. The summed E-state index contributed by atoms with van der Waals surface area (Å²) in [5.41, 5.74) is 0.831. The fourth-order valence-electron chi connectivity index (χ4n) is 3.53. The fraction of sp³-hybridized carbons (Fsp3) is 0.476. The Kier molecular flexibility index (Phi) is 5.23. The number of nitrogens with zero attached hydrogens (tertiary/aromatic N) is 2. The molecule has 0 unspecified atom stereocenters. The quantitative estimate of drug-likeness (QED) is 0.820. The number of nitrogens with one attached hydrogen (secondary N) is 2. The smallest absolute Gasteiger partial charge is 0.225 e. The van der Waals surface area contributed by atoms with Crippen molar-refractivity contribution in [1.29, 1.82) is 0 Å². The SMILES string of the molecule is CC(C)(C)C(=O)N[C@@H]1CO[C@@H]2[C@@H]1OC[C@@H]2Nc1nccc(-c2cccc(F)c2)n1. The van der Waals surface area contributed by atoms with E-state index in [0.717, 1.165) is 0 Å². The molecule has 1 aromatic heterocycles. The zero-order chi connectivity index (χ0) is 20.6. The lowest BCUT2D eigenvalue weighted by Crippen LogP contribution is -2.48. The fourth-order valence-corrected chi connectivity index (χ4v) is 3.53. The van der Waals surface area contributed by atoms with Crippen molar-refractivity contribution in [3.8, 4) is 11.3 Å². The summed E-state index contributed by atoms with van der Waals surface area (Å²) in [6.07, 6.45) is 1.21. The van der Waals surface area contributed by atoms with Gasteiger partial charge < -0.3 is 20.1 Å². The molecular weight excluding hydrogens is 375 g/mol. The van der Waals surface area contributed by atoms with E-state index in [1.807, 2.05) is 20.8 Å². The van der Waals surface area contributed by atoms with Crippen LogP contribution >= 0.6 is 0 Å². The topological polar surface area (TPSA) is 85.4 Å². The van der Waals surface area contributed by atoms with Crippen molar-refractivity contribution in [3.05, 3.63) is 42.3 Å². The van der Waals surface area contributed by atoms with Crippen molar-refractivity contribution >= 4 is 11.9 Å². The standard InChI is InChI=1S/C21H25FN4O3/c1-21(2,3)19(27)24-15-10-28-18-16(11-29-17(15)18)26-20-23-8-7-14(25-20)12-5-4-6-13(22)9-12/h4-9,15-18H,10-11H2,1-3H3,(H,24,27)(H,23,25,26)/t15-,16+,17-,18+/m1/s1. The van der Waals surface area contributed by atoms with E-state index in [4.69, 9.17) is 9.47 Å². The summed E-state index contributed by atoms with van der Waals surface area (Å²) in [4.78, 5) is 21.1. The number of hydrogen-bond acceptors (Lipinski definition) is 6. The first kappa shape index (κ1) is 19.7. The Morgan fingerprint density at radius 2 is 1.86 bits per heavy atom. The van der Waals surface area contributed by atoms with Crippen LogP contribution in [0.2, 0.25) is 0 Å². The number of rotatable bonds is 4.